The average Bonchev–Trinajstić information content (AvgIpc) is 2.32. The van der Waals surface area contributed by atoms with Crippen LogP contribution in [0.3, 0.4) is 0 Å². The highest BCUT2D eigenvalue weighted by Crippen LogP contribution is 2.25. The van der Waals surface area contributed by atoms with Gasteiger partial charge in [-0.2, -0.15) is 0 Å². The van der Waals surface area contributed by atoms with E-state index in [9.17, 15) is 9.59 Å². The van der Waals surface area contributed by atoms with E-state index in [1.165, 1.54) is 17.4 Å². The molecule has 1 N–H and O–H groups in total. The third kappa shape index (κ3) is 5.51. The van der Waals surface area contributed by atoms with Crippen LogP contribution in [0.4, 0.5) is 5.69 Å². The molecule has 0 heterocycles. The molecular weight excluding hydrogens is 276 g/mol. The third-order valence-corrected chi connectivity index (χ3v) is 3.24. The molecule has 1 rings (SSSR count). The van der Waals surface area contributed by atoms with Crippen LogP contribution < -0.4 is 10.2 Å². The summed E-state index contributed by atoms with van der Waals surface area (Å²) in [5.41, 5.74) is 1.68. The number of hydrogen-bond acceptors (Lipinski definition) is 2. The molecule has 0 aromatic heterocycles. The zero-order valence-corrected chi connectivity index (χ0v) is 14.8. The van der Waals surface area contributed by atoms with Crippen molar-refractivity contribution in [3.05, 3.63) is 29.8 Å². The van der Waals surface area contributed by atoms with Crippen molar-refractivity contribution in [3.8, 4) is 0 Å². The van der Waals surface area contributed by atoms with Crippen LogP contribution in [-0.2, 0) is 15.0 Å². The van der Waals surface area contributed by atoms with Gasteiger partial charge >= 0.3 is 0 Å². The summed E-state index contributed by atoms with van der Waals surface area (Å²) in [6.07, 6.45) is 0. The molecule has 0 unspecified atom stereocenters. The van der Waals surface area contributed by atoms with Gasteiger partial charge in [-0.1, -0.05) is 32.9 Å². The van der Waals surface area contributed by atoms with E-state index in [0.717, 1.165) is 5.69 Å². The largest absolute Gasteiger partial charge is 0.350 e. The molecule has 0 aliphatic carbocycles. The van der Waals surface area contributed by atoms with Crippen LogP contribution in [0, 0.1) is 0 Å². The minimum atomic E-state index is -0.310. The van der Waals surface area contributed by atoms with Gasteiger partial charge in [-0.3, -0.25) is 9.59 Å². The van der Waals surface area contributed by atoms with Crippen molar-refractivity contribution in [3.63, 3.8) is 0 Å². The fraction of sp³-hybridized carbons (Fsp3) is 0.556. The molecule has 4 heteroatoms. The summed E-state index contributed by atoms with van der Waals surface area (Å²) in [6, 6.07) is 7.80. The number of amides is 2. The Balaban J connectivity index is 2.93. The molecule has 4 nitrogen and oxygen atoms in total. The van der Waals surface area contributed by atoms with Gasteiger partial charge in [0, 0.05) is 18.2 Å². The Morgan fingerprint density at radius 3 is 1.86 bits per heavy atom. The number of anilines is 1. The molecule has 0 bridgehead atoms. The van der Waals surface area contributed by atoms with Gasteiger partial charge in [0.25, 0.3) is 0 Å². The normalized spacial score (nSPS) is 12.0. The van der Waals surface area contributed by atoms with E-state index in [1.54, 1.807) is 0 Å². The first-order chi connectivity index (χ1) is 9.90. The summed E-state index contributed by atoms with van der Waals surface area (Å²) in [5, 5.41) is 2.88. The molecule has 1 aromatic rings. The van der Waals surface area contributed by atoms with Crippen LogP contribution >= 0.6 is 0 Å². The summed E-state index contributed by atoms with van der Waals surface area (Å²) in [4.78, 5) is 25.4. The van der Waals surface area contributed by atoms with E-state index in [2.05, 4.69) is 26.1 Å². The van der Waals surface area contributed by atoms with Gasteiger partial charge in [0.15, 0.2) is 0 Å². The van der Waals surface area contributed by atoms with Crippen LogP contribution in [0.2, 0.25) is 0 Å². The minimum Gasteiger partial charge on any atom is -0.350 e. The highest BCUT2D eigenvalue weighted by Gasteiger charge is 2.20. The Morgan fingerprint density at radius 1 is 1.00 bits per heavy atom. The van der Waals surface area contributed by atoms with Crippen LogP contribution in [0.5, 0.6) is 0 Å². The summed E-state index contributed by atoms with van der Waals surface area (Å²) < 4.78 is 0. The van der Waals surface area contributed by atoms with E-state index in [0.29, 0.717) is 0 Å². The predicted octanol–water partition coefficient (Wildman–Crippen LogP) is 3.25. The highest BCUT2D eigenvalue weighted by atomic mass is 16.2. The summed E-state index contributed by atoms with van der Waals surface area (Å²) in [7, 11) is 0. The Kier molecular flexibility index (Phi) is 5.39. The van der Waals surface area contributed by atoms with Crippen molar-refractivity contribution >= 4 is 17.5 Å². The van der Waals surface area contributed by atoms with Crippen molar-refractivity contribution in [2.24, 2.45) is 0 Å². The van der Waals surface area contributed by atoms with E-state index in [1.807, 2.05) is 45.0 Å². The topological polar surface area (TPSA) is 49.4 Å². The number of hydrogen-bond donors (Lipinski definition) is 1. The summed E-state index contributed by atoms with van der Waals surface area (Å²) >= 11 is 0. The predicted molar refractivity (Wildman–Crippen MR) is 91.1 cm³/mol. The smallest absolute Gasteiger partial charge is 0.240 e. The number of rotatable bonds is 3. The lowest BCUT2D eigenvalue weighted by atomic mass is 9.87. The lowest BCUT2D eigenvalue weighted by molar-refractivity contribution is -0.124. The van der Waals surface area contributed by atoms with Gasteiger partial charge in [0.1, 0.15) is 6.54 Å². The molecule has 0 saturated heterocycles. The molecule has 122 valence electrons. The zero-order chi connectivity index (χ0) is 17.1. The molecule has 22 heavy (non-hydrogen) atoms. The monoisotopic (exact) mass is 304 g/mol. The average molecular weight is 304 g/mol. The Hall–Kier alpha value is -1.84. The van der Waals surface area contributed by atoms with Gasteiger partial charge in [0.2, 0.25) is 11.8 Å². The van der Waals surface area contributed by atoms with Gasteiger partial charge in [-0.25, -0.2) is 0 Å². The molecule has 0 fully saturated rings. The SMILES string of the molecule is CC(=O)N(CC(=O)NC(C)(C)C)c1ccc(C(C)(C)C)cc1. The molecule has 0 spiro atoms. The van der Waals surface area contributed by atoms with Crippen molar-refractivity contribution < 1.29 is 9.59 Å². The maximum absolute atomic E-state index is 12.1. The summed E-state index contributed by atoms with van der Waals surface area (Å²) in [5.74, 6) is -0.310. The van der Waals surface area contributed by atoms with E-state index >= 15 is 0 Å². The van der Waals surface area contributed by atoms with Gasteiger partial charge in [-0.15, -0.1) is 0 Å². The van der Waals surface area contributed by atoms with E-state index in [4.69, 9.17) is 0 Å². The second-order valence-corrected chi connectivity index (χ2v) is 7.70. The summed E-state index contributed by atoms with van der Waals surface area (Å²) in [6.45, 7) is 13.7. The highest BCUT2D eigenvalue weighted by molar-refractivity contribution is 5.97. The molecule has 0 aliphatic heterocycles. The van der Waals surface area contributed by atoms with Gasteiger partial charge < -0.3 is 10.2 Å². The number of carbonyl (C=O) groups is 2. The maximum atomic E-state index is 12.1. The van der Waals surface area contributed by atoms with Crippen LogP contribution in [0.1, 0.15) is 54.0 Å². The van der Waals surface area contributed by atoms with Crippen molar-refractivity contribution in [1.82, 2.24) is 5.32 Å². The standard InChI is InChI=1S/C18H28N2O2/c1-13(21)20(12-16(22)19-18(5,6)7)15-10-8-14(9-11-15)17(2,3)4/h8-11H,12H2,1-7H3,(H,19,22). The maximum Gasteiger partial charge on any atom is 0.240 e. The van der Waals surface area contributed by atoms with Crippen LogP contribution in [-0.4, -0.2) is 23.9 Å². The Labute approximate surface area is 133 Å². The molecule has 1 aromatic carbocycles. The van der Waals surface area contributed by atoms with Crippen LogP contribution in [0.15, 0.2) is 24.3 Å². The Bertz CT molecular complexity index is 534. The molecule has 0 radical (unpaired) electrons. The second-order valence-electron chi connectivity index (χ2n) is 7.70. The van der Waals surface area contributed by atoms with Gasteiger partial charge in [-0.05, 0) is 43.9 Å². The molecule has 2 amide bonds. The number of carbonyl (C=O) groups excluding carboxylic acids is 2. The lowest BCUT2D eigenvalue weighted by Gasteiger charge is -2.26. The van der Waals surface area contributed by atoms with Gasteiger partial charge in [0.05, 0.1) is 0 Å². The molecule has 0 atom stereocenters. The van der Waals surface area contributed by atoms with Crippen molar-refractivity contribution in [1.29, 1.82) is 0 Å². The number of benzene rings is 1. The van der Waals surface area contributed by atoms with E-state index < -0.39 is 0 Å². The number of nitrogens with one attached hydrogen (secondary N) is 1. The van der Waals surface area contributed by atoms with Crippen molar-refractivity contribution in [2.75, 3.05) is 11.4 Å². The number of nitrogens with zero attached hydrogens (tertiary/aromatic N) is 1. The first-order valence-electron chi connectivity index (χ1n) is 7.60. The minimum absolute atomic E-state index is 0.0292. The Morgan fingerprint density at radius 2 is 1.50 bits per heavy atom. The molecule has 0 saturated carbocycles. The van der Waals surface area contributed by atoms with Crippen molar-refractivity contribution in [2.45, 2.75) is 59.4 Å². The fourth-order valence-corrected chi connectivity index (χ4v) is 2.13. The first kappa shape index (κ1) is 18.2. The molecule has 0 aliphatic rings. The quantitative estimate of drug-likeness (QED) is 0.932. The van der Waals surface area contributed by atoms with Crippen LogP contribution in [0.25, 0.3) is 0 Å². The third-order valence-electron chi connectivity index (χ3n) is 3.24. The zero-order valence-electron chi connectivity index (χ0n) is 14.8. The van der Waals surface area contributed by atoms with E-state index in [-0.39, 0.29) is 29.3 Å². The lowest BCUT2D eigenvalue weighted by Crippen LogP contribution is -2.47. The molecular formula is C18H28N2O2. The fourth-order valence-electron chi connectivity index (χ4n) is 2.13. The second kappa shape index (κ2) is 6.51. The first-order valence-corrected chi connectivity index (χ1v) is 7.60.